The van der Waals surface area contributed by atoms with Crippen molar-refractivity contribution in [2.24, 2.45) is 17.8 Å². The summed E-state index contributed by atoms with van der Waals surface area (Å²) < 4.78 is 13.0. The minimum Gasteiger partial charge on any atom is -0.299 e. The molecular formula is C14H15FO. The first-order valence-electron chi connectivity index (χ1n) is 6.03. The predicted molar refractivity (Wildman–Crippen MR) is 59.4 cm³/mol. The Morgan fingerprint density at radius 2 is 2.06 bits per heavy atom. The van der Waals surface area contributed by atoms with Crippen molar-refractivity contribution in [3.05, 3.63) is 35.6 Å². The zero-order valence-electron chi connectivity index (χ0n) is 9.16. The van der Waals surface area contributed by atoms with Crippen LogP contribution in [-0.4, -0.2) is 5.78 Å². The van der Waals surface area contributed by atoms with E-state index in [1.807, 2.05) is 6.07 Å². The Hall–Kier alpha value is -1.18. The maximum atomic E-state index is 13.0. The maximum absolute atomic E-state index is 13.0. The molecule has 2 unspecified atom stereocenters. The van der Waals surface area contributed by atoms with Crippen LogP contribution in [0.3, 0.4) is 0 Å². The quantitative estimate of drug-likeness (QED) is 0.762. The first kappa shape index (κ1) is 10.0. The lowest BCUT2D eigenvalue weighted by molar-refractivity contribution is -0.120. The van der Waals surface area contributed by atoms with E-state index in [0.29, 0.717) is 30.0 Å². The van der Waals surface area contributed by atoms with Gasteiger partial charge in [-0.2, -0.15) is 0 Å². The van der Waals surface area contributed by atoms with E-state index in [1.165, 1.54) is 31.4 Å². The Bertz CT molecular complexity index is 416. The van der Waals surface area contributed by atoms with Gasteiger partial charge in [0.2, 0.25) is 0 Å². The van der Waals surface area contributed by atoms with Crippen molar-refractivity contribution >= 4 is 5.78 Å². The molecule has 0 N–H and O–H groups in total. The molecule has 0 amide bonds. The fraction of sp³-hybridized carbons (Fsp3) is 0.500. The van der Waals surface area contributed by atoms with Gasteiger partial charge >= 0.3 is 0 Å². The van der Waals surface area contributed by atoms with E-state index in [2.05, 4.69) is 0 Å². The van der Waals surface area contributed by atoms with Crippen molar-refractivity contribution in [2.75, 3.05) is 0 Å². The van der Waals surface area contributed by atoms with Gasteiger partial charge in [-0.05, 0) is 42.4 Å². The summed E-state index contributed by atoms with van der Waals surface area (Å²) in [7, 11) is 0. The van der Waals surface area contributed by atoms with Gasteiger partial charge in [-0.3, -0.25) is 4.79 Å². The van der Waals surface area contributed by atoms with E-state index in [9.17, 15) is 9.18 Å². The van der Waals surface area contributed by atoms with Gasteiger partial charge in [0.05, 0.1) is 0 Å². The highest BCUT2D eigenvalue weighted by Crippen LogP contribution is 2.58. The van der Waals surface area contributed by atoms with Crippen molar-refractivity contribution in [2.45, 2.75) is 25.7 Å². The van der Waals surface area contributed by atoms with E-state index in [0.717, 1.165) is 5.56 Å². The Balaban J connectivity index is 1.65. The number of halogens is 1. The molecule has 0 heterocycles. The number of hydrogen-bond donors (Lipinski definition) is 0. The predicted octanol–water partition coefficient (Wildman–Crippen LogP) is 2.98. The summed E-state index contributed by atoms with van der Waals surface area (Å²) >= 11 is 0. The van der Waals surface area contributed by atoms with Crippen molar-refractivity contribution < 1.29 is 9.18 Å². The average Bonchev–Trinajstić information content (AvgIpc) is 2.73. The molecule has 2 aliphatic rings. The van der Waals surface area contributed by atoms with Crippen molar-refractivity contribution in [1.82, 2.24) is 0 Å². The second kappa shape index (κ2) is 3.69. The summed E-state index contributed by atoms with van der Waals surface area (Å²) in [6, 6.07) is 6.39. The summed E-state index contributed by atoms with van der Waals surface area (Å²) in [5.41, 5.74) is 0.815. The highest BCUT2D eigenvalue weighted by molar-refractivity contribution is 5.86. The summed E-state index contributed by atoms with van der Waals surface area (Å²) in [5.74, 6) is 1.71. The van der Waals surface area contributed by atoms with E-state index in [-0.39, 0.29) is 5.82 Å². The largest absolute Gasteiger partial charge is 0.299 e. The van der Waals surface area contributed by atoms with Crippen LogP contribution in [0.2, 0.25) is 0 Å². The first-order valence-corrected chi connectivity index (χ1v) is 6.03. The zero-order valence-corrected chi connectivity index (χ0v) is 9.16. The van der Waals surface area contributed by atoms with Gasteiger partial charge in [0.15, 0.2) is 0 Å². The number of carbonyl (C=O) groups is 1. The molecule has 2 atom stereocenters. The average molecular weight is 218 g/mol. The number of hydrogen-bond acceptors (Lipinski definition) is 1. The molecule has 0 aliphatic heterocycles. The molecule has 2 fully saturated rings. The summed E-state index contributed by atoms with van der Waals surface area (Å²) in [4.78, 5) is 12.0. The number of fused-ring (bicyclic) bond motifs is 1. The van der Waals surface area contributed by atoms with Crippen LogP contribution in [0.1, 0.15) is 24.8 Å². The molecule has 0 bridgehead atoms. The number of benzene rings is 1. The number of ketones is 1. The molecule has 2 saturated carbocycles. The lowest BCUT2D eigenvalue weighted by atomic mass is 10.0. The lowest BCUT2D eigenvalue weighted by Gasteiger charge is -2.03. The van der Waals surface area contributed by atoms with Crippen molar-refractivity contribution in [3.8, 4) is 0 Å². The summed E-state index contributed by atoms with van der Waals surface area (Å²) in [6.07, 6.45) is 4.16. The van der Waals surface area contributed by atoms with Gasteiger partial charge in [0, 0.05) is 12.3 Å². The summed E-state index contributed by atoms with van der Waals surface area (Å²) in [5, 5.41) is 0. The van der Waals surface area contributed by atoms with Gasteiger partial charge in [0.1, 0.15) is 11.6 Å². The van der Waals surface area contributed by atoms with E-state index in [4.69, 9.17) is 0 Å². The Labute approximate surface area is 94.7 Å². The highest BCUT2D eigenvalue weighted by atomic mass is 19.1. The van der Waals surface area contributed by atoms with Crippen molar-refractivity contribution in [3.63, 3.8) is 0 Å². The molecule has 2 aliphatic carbocycles. The van der Waals surface area contributed by atoms with Crippen LogP contribution >= 0.6 is 0 Å². The van der Waals surface area contributed by atoms with E-state index in [1.54, 1.807) is 6.07 Å². The monoisotopic (exact) mass is 218 g/mol. The second-order valence-corrected chi connectivity index (χ2v) is 5.06. The zero-order chi connectivity index (χ0) is 11.1. The molecule has 0 spiro atoms. The molecule has 3 rings (SSSR count). The van der Waals surface area contributed by atoms with Gasteiger partial charge in [-0.25, -0.2) is 4.39 Å². The Morgan fingerprint density at radius 3 is 2.75 bits per heavy atom. The van der Waals surface area contributed by atoms with E-state index >= 15 is 0 Å². The Morgan fingerprint density at radius 1 is 1.31 bits per heavy atom. The van der Waals surface area contributed by atoms with Gasteiger partial charge in [-0.15, -0.1) is 0 Å². The normalized spacial score (nSPS) is 31.2. The summed E-state index contributed by atoms with van der Waals surface area (Å²) in [6.45, 7) is 0. The van der Waals surface area contributed by atoms with Crippen LogP contribution in [0.5, 0.6) is 0 Å². The fourth-order valence-corrected chi connectivity index (χ4v) is 3.27. The molecule has 16 heavy (non-hydrogen) atoms. The van der Waals surface area contributed by atoms with E-state index < -0.39 is 0 Å². The molecule has 2 heteroatoms. The Kier molecular flexibility index (Phi) is 2.31. The molecule has 0 saturated heterocycles. The third-order valence-electron chi connectivity index (χ3n) is 4.05. The maximum Gasteiger partial charge on any atom is 0.140 e. The number of rotatable bonds is 3. The van der Waals surface area contributed by atoms with Crippen LogP contribution in [0.4, 0.5) is 4.39 Å². The van der Waals surface area contributed by atoms with Crippen LogP contribution in [0, 0.1) is 23.6 Å². The number of Topliss-reactive ketones (excluding diaryl/α,β-unsaturated/α-hetero) is 1. The number of carbonyl (C=O) groups excluding carboxylic acids is 1. The molecule has 1 nitrogen and oxygen atoms in total. The highest BCUT2D eigenvalue weighted by Gasteiger charge is 2.55. The third-order valence-corrected chi connectivity index (χ3v) is 4.05. The molecule has 1 aromatic carbocycles. The smallest absolute Gasteiger partial charge is 0.140 e. The van der Waals surface area contributed by atoms with Crippen LogP contribution in [-0.2, 0) is 11.2 Å². The molecule has 0 radical (unpaired) electrons. The third kappa shape index (κ3) is 1.66. The first-order chi connectivity index (χ1) is 7.75. The lowest BCUT2D eigenvalue weighted by Crippen LogP contribution is -2.09. The topological polar surface area (TPSA) is 17.1 Å². The fourth-order valence-electron chi connectivity index (χ4n) is 3.27. The minimum atomic E-state index is -0.249. The molecule has 84 valence electrons. The molecule has 1 aromatic rings. The SMILES string of the molecule is O=C(Cc1cccc(F)c1)C1C2CCCC21. The molecule has 0 aromatic heterocycles. The van der Waals surface area contributed by atoms with Gasteiger partial charge < -0.3 is 0 Å². The van der Waals surface area contributed by atoms with Gasteiger partial charge in [0.25, 0.3) is 0 Å². The molecular weight excluding hydrogens is 203 g/mol. The van der Waals surface area contributed by atoms with Crippen molar-refractivity contribution in [1.29, 1.82) is 0 Å². The van der Waals surface area contributed by atoms with Crippen LogP contribution in [0.25, 0.3) is 0 Å². The van der Waals surface area contributed by atoms with Gasteiger partial charge in [-0.1, -0.05) is 18.6 Å². The standard InChI is InChI=1S/C14H15FO/c15-10-4-1-3-9(7-10)8-13(16)14-11-5-2-6-12(11)14/h1,3-4,7,11-12,14H,2,5-6,8H2. The van der Waals surface area contributed by atoms with Crippen LogP contribution in [0.15, 0.2) is 24.3 Å². The van der Waals surface area contributed by atoms with Crippen LogP contribution < -0.4 is 0 Å². The second-order valence-electron chi connectivity index (χ2n) is 5.06. The minimum absolute atomic E-state index is 0.249.